The van der Waals surface area contributed by atoms with Crippen LogP contribution in [0.15, 0.2) is 28.7 Å². The van der Waals surface area contributed by atoms with Gasteiger partial charge in [-0.3, -0.25) is 0 Å². The molecule has 24 heavy (non-hydrogen) atoms. The van der Waals surface area contributed by atoms with Gasteiger partial charge in [0.05, 0.1) is 12.3 Å². The van der Waals surface area contributed by atoms with Crippen LogP contribution in [0.4, 0.5) is 5.69 Å². The number of anilines is 1. The molecule has 0 saturated heterocycles. The Morgan fingerprint density at radius 2 is 2.12 bits per heavy atom. The first kappa shape index (κ1) is 15.4. The Bertz CT molecular complexity index is 1070. The van der Waals surface area contributed by atoms with Crippen molar-refractivity contribution >= 4 is 49.9 Å². The predicted octanol–water partition coefficient (Wildman–Crippen LogP) is 4.79. The second kappa shape index (κ2) is 5.73. The van der Waals surface area contributed by atoms with E-state index >= 15 is 0 Å². The molecule has 3 aromatic heterocycles. The summed E-state index contributed by atoms with van der Waals surface area (Å²) in [7, 11) is 1.66. The summed E-state index contributed by atoms with van der Waals surface area (Å²) in [4.78, 5) is 10.7. The fourth-order valence-electron chi connectivity index (χ4n) is 2.76. The molecule has 0 aliphatic heterocycles. The van der Waals surface area contributed by atoms with E-state index in [2.05, 4.69) is 9.97 Å². The molecular formula is C17H14ClN3O2S. The van der Waals surface area contributed by atoms with Gasteiger partial charge >= 0.3 is 0 Å². The zero-order chi connectivity index (χ0) is 16.8. The van der Waals surface area contributed by atoms with Crippen LogP contribution in [-0.2, 0) is 11.3 Å². The number of aryl methyl sites for hydroxylation is 1. The van der Waals surface area contributed by atoms with E-state index in [9.17, 15) is 0 Å². The Hall–Kier alpha value is -2.15. The lowest BCUT2D eigenvalue weighted by Gasteiger charge is -2.04. The van der Waals surface area contributed by atoms with Gasteiger partial charge in [0.25, 0.3) is 0 Å². The normalized spacial score (nSPS) is 11.6. The summed E-state index contributed by atoms with van der Waals surface area (Å²) < 4.78 is 11.1. The number of ether oxygens (including phenoxy) is 1. The molecule has 4 rings (SSSR count). The molecule has 0 radical (unpaired) electrons. The van der Waals surface area contributed by atoms with E-state index in [-0.39, 0.29) is 0 Å². The standard InChI is InChI=1S/C17H14ClN3O2S/c1-8-5-9(7-22-2)13-14(19)15(24-17(13)20-8)16-21-11-4-3-10(18)6-12(11)23-16/h3-6H,7,19H2,1-2H3. The first-order valence-electron chi connectivity index (χ1n) is 7.30. The highest BCUT2D eigenvalue weighted by atomic mass is 35.5. The summed E-state index contributed by atoms with van der Waals surface area (Å²) in [5.41, 5.74) is 10.3. The van der Waals surface area contributed by atoms with Crippen LogP contribution in [0.1, 0.15) is 11.3 Å². The highest BCUT2D eigenvalue weighted by Crippen LogP contribution is 2.42. The van der Waals surface area contributed by atoms with Crippen molar-refractivity contribution in [1.29, 1.82) is 0 Å². The molecule has 0 amide bonds. The smallest absolute Gasteiger partial charge is 0.239 e. The number of aromatic nitrogens is 2. The molecule has 0 bridgehead atoms. The molecule has 0 spiro atoms. The fraction of sp³-hybridized carbons (Fsp3) is 0.176. The molecule has 3 heterocycles. The van der Waals surface area contributed by atoms with Gasteiger partial charge in [-0.2, -0.15) is 0 Å². The van der Waals surface area contributed by atoms with Crippen molar-refractivity contribution in [2.75, 3.05) is 12.8 Å². The third-order valence-electron chi connectivity index (χ3n) is 3.75. The number of oxazole rings is 1. The Kier molecular flexibility index (Phi) is 3.68. The third kappa shape index (κ3) is 2.43. The van der Waals surface area contributed by atoms with E-state index in [1.54, 1.807) is 19.2 Å². The first-order valence-corrected chi connectivity index (χ1v) is 8.50. The molecular weight excluding hydrogens is 346 g/mol. The lowest BCUT2D eigenvalue weighted by molar-refractivity contribution is 0.186. The Labute approximate surface area is 147 Å². The minimum atomic E-state index is 0.476. The number of halogens is 1. The van der Waals surface area contributed by atoms with E-state index in [1.165, 1.54) is 11.3 Å². The number of nitrogens with two attached hydrogens (primary N) is 1. The van der Waals surface area contributed by atoms with E-state index in [0.717, 1.165) is 31.9 Å². The number of hydrogen-bond acceptors (Lipinski definition) is 6. The van der Waals surface area contributed by atoms with Gasteiger partial charge in [0.1, 0.15) is 15.2 Å². The van der Waals surface area contributed by atoms with Crippen LogP contribution < -0.4 is 5.73 Å². The number of nitrogens with zero attached hydrogens (tertiary/aromatic N) is 2. The van der Waals surface area contributed by atoms with Crippen LogP contribution in [0.5, 0.6) is 0 Å². The molecule has 1 aromatic carbocycles. The van der Waals surface area contributed by atoms with Crippen LogP contribution in [0.25, 0.3) is 32.1 Å². The largest absolute Gasteiger partial charge is 0.435 e. The van der Waals surface area contributed by atoms with Gasteiger partial charge in [-0.05, 0) is 30.7 Å². The Morgan fingerprint density at radius 1 is 1.29 bits per heavy atom. The van der Waals surface area contributed by atoms with Crippen molar-refractivity contribution in [2.45, 2.75) is 13.5 Å². The Balaban J connectivity index is 1.95. The van der Waals surface area contributed by atoms with Crippen molar-refractivity contribution in [3.05, 3.63) is 40.5 Å². The van der Waals surface area contributed by atoms with Crippen molar-refractivity contribution in [1.82, 2.24) is 9.97 Å². The summed E-state index contributed by atoms with van der Waals surface area (Å²) in [5, 5.41) is 1.51. The second-order valence-corrected chi connectivity index (χ2v) is 6.95. The quantitative estimate of drug-likeness (QED) is 0.569. The van der Waals surface area contributed by atoms with Crippen LogP contribution in [0, 0.1) is 6.92 Å². The van der Waals surface area contributed by atoms with Gasteiger partial charge in [-0.25, -0.2) is 9.97 Å². The maximum Gasteiger partial charge on any atom is 0.239 e. The summed E-state index contributed by atoms with van der Waals surface area (Å²) in [6, 6.07) is 7.35. The zero-order valence-electron chi connectivity index (χ0n) is 13.1. The highest BCUT2D eigenvalue weighted by molar-refractivity contribution is 7.22. The predicted molar refractivity (Wildman–Crippen MR) is 97.5 cm³/mol. The van der Waals surface area contributed by atoms with Gasteiger partial charge in [0, 0.05) is 29.3 Å². The molecule has 7 heteroatoms. The molecule has 0 unspecified atom stereocenters. The minimum absolute atomic E-state index is 0.476. The molecule has 122 valence electrons. The average molecular weight is 360 g/mol. The van der Waals surface area contributed by atoms with E-state index in [4.69, 9.17) is 26.5 Å². The van der Waals surface area contributed by atoms with Crippen LogP contribution in [0.3, 0.4) is 0 Å². The van der Waals surface area contributed by atoms with Gasteiger partial charge in [-0.15, -0.1) is 11.3 Å². The van der Waals surface area contributed by atoms with Crippen molar-refractivity contribution in [3.8, 4) is 10.8 Å². The molecule has 0 aliphatic rings. The molecule has 0 aliphatic carbocycles. The minimum Gasteiger partial charge on any atom is -0.435 e. The number of rotatable bonds is 3. The maximum absolute atomic E-state index is 6.39. The number of thiophene rings is 1. The lowest BCUT2D eigenvalue weighted by Crippen LogP contribution is -1.94. The third-order valence-corrected chi connectivity index (χ3v) is 5.08. The topological polar surface area (TPSA) is 74.2 Å². The molecule has 0 saturated carbocycles. The van der Waals surface area contributed by atoms with Gasteiger partial charge in [-0.1, -0.05) is 11.6 Å². The number of methoxy groups -OCH3 is 1. The molecule has 0 fully saturated rings. The summed E-state index contributed by atoms with van der Waals surface area (Å²) in [6.07, 6.45) is 0. The number of hydrogen-bond donors (Lipinski definition) is 1. The first-order chi connectivity index (χ1) is 11.6. The summed E-state index contributed by atoms with van der Waals surface area (Å²) in [5.74, 6) is 0.480. The maximum atomic E-state index is 6.39. The van der Waals surface area contributed by atoms with Gasteiger partial charge < -0.3 is 14.9 Å². The molecule has 0 atom stereocenters. The number of nitrogen functional groups attached to an aromatic ring is 1. The van der Waals surface area contributed by atoms with E-state index in [0.29, 0.717) is 28.8 Å². The van der Waals surface area contributed by atoms with Crippen molar-refractivity contribution in [3.63, 3.8) is 0 Å². The highest BCUT2D eigenvalue weighted by Gasteiger charge is 2.20. The Morgan fingerprint density at radius 3 is 2.92 bits per heavy atom. The lowest BCUT2D eigenvalue weighted by atomic mass is 10.1. The second-order valence-electron chi connectivity index (χ2n) is 5.51. The molecule has 4 aromatic rings. The molecule has 5 nitrogen and oxygen atoms in total. The van der Waals surface area contributed by atoms with Gasteiger partial charge in [0.15, 0.2) is 5.58 Å². The molecule has 2 N–H and O–H groups in total. The fourth-order valence-corrected chi connectivity index (χ4v) is 4.04. The van der Waals surface area contributed by atoms with E-state index in [1.807, 2.05) is 19.1 Å². The monoisotopic (exact) mass is 359 g/mol. The SMILES string of the molecule is COCc1cc(C)nc2sc(-c3nc4ccc(Cl)cc4o3)c(N)c12. The van der Waals surface area contributed by atoms with Gasteiger partial charge in [0.2, 0.25) is 5.89 Å². The number of fused-ring (bicyclic) bond motifs is 2. The summed E-state index contributed by atoms with van der Waals surface area (Å²) in [6.45, 7) is 2.43. The van der Waals surface area contributed by atoms with Crippen LogP contribution in [0.2, 0.25) is 5.02 Å². The summed E-state index contributed by atoms with van der Waals surface area (Å²) >= 11 is 7.48. The van der Waals surface area contributed by atoms with Crippen molar-refractivity contribution < 1.29 is 9.15 Å². The average Bonchev–Trinajstić information content (AvgIpc) is 3.08. The van der Waals surface area contributed by atoms with E-state index < -0.39 is 0 Å². The number of benzene rings is 1. The number of pyridine rings is 1. The zero-order valence-corrected chi connectivity index (χ0v) is 14.7. The van der Waals surface area contributed by atoms with Crippen molar-refractivity contribution in [2.24, 2.45) is 0 Å². The van der Waals surface area contributed by atoms with Crippen LogP contribution >= 0.6 is 22.9 Å². The van der Waals surface area contributed by atoms with Crippen LogP contribution in [-0.4, -0.2) is 17.1 Å².